The highest BCUT2D eigenvalue weighted by Crippen LogP contribution is 2.31. The fourth-order valence-corrected chi connectivity index (χ4v) is 2.62. The van der Waals surface area contributed by atoms with Crippen molar-refractivity contribution in [2.75, 3.05) is 26.7 Å². The second-order valence-corrected chi connectivity index (χ2v) is 6.38. The molecule has 1 aliphatic heterocycles. The van der Waals surface area contributed by atoms with Crippen LogP contribution in [0.5, 0.6) is 0 Å². The summed E-state index contributed by atoms with van der Waals surface area (Å²) < 4.78 is 0. The number of nitrogens with zero attached hydrogens (tertiary/aromatic N) is 2. The summed E-state index contributed by atoms with van der Waals surface area (Å²) in [6.07, 6.45) is 4.26. The van der Waals surface area contributed by atoms with Crippen molar-refractivity contribution in [1.82, 2.24) is 9.80 Å². The standard InChI is InChI=1S/C13H23N3OS/c1-13(12(14)18)5-7-16(8-6-13)9-11(17)15(2)10-3-4-10/h10H,3-9H2,1-2H3,(H2,14,18). The van der Waals surface area contributed by atoms with Gasteiger partial charge in [0.25, 0.3) is 0 Å². The normalized spacial score (nSPS) is 23.7. The van der Waals surface area contributed by atoms with Crippen LogP contribution in [0.1, 0.15) is 32.6 Å². The number of carbonyl (C=O) groups excluding carboxylic acids is 1. The fourth-order valence-electron chi connectivity index (χ4n) is 2.42. The zero-order chi connectivity index (χ0) is 13.3. The van der Waals surface area contributed by atoms with Crippen LogP contribution in [0.4, 0.5) is 0 Å². The lowest BCUT2D eigenvalue weighted by Gasteiger charge is -2.38. The molecule has 0 spiro atoms. The number of rotatable bonds is 4. The first-order valence-electron chi connectivity index (χ1n) is 6.70. The van der Waals surface area contributed by atoms with E-state index in [1.54, 1.807) is 0 Å². The van der Waals surface area contributed by atoms with Gasteiger partial charge in [0.1, 0.15) is 0 Å². The molecule has 1 saturated heterocycles. The van der Waals surface area contributed by atoms with Crippen molar-refractivity contribution in [2.45, 2.75) is 38.6 Å². The summed E-state index contributed by atoms with van der Waals surface area (Å²) in [5, 5.41) is 0. The van der Waals surface area contributed by atoms with Crippen molar-refractivity contribution in [1.29, 1.82) is 0 Å². The number of hydrogen-bond acceptors (Lipinski definition) is 3. The highest BCUT2D eigenvalue weighted by atomic mass is 32.1. The third kappa shape index (κ3) is 3.01. The molecular weight excluding hydrogens is 246 g/mol. The molecule has 2 aliphatic rings. The Morgan fingerprint density at radius 1 is 1.44 bits per heavy atom. The molecule has 0 radical (unpaired) electrons. The summed E-state index contributed by atoms with van der Waals surface area (Å²) in [7, 11) is 1.92. The third-order valence-electron chi connectivity index (χ3n) is 4.40. The Bertz CT molecular complexity index is 346. The zero-order valence-corrected chi connectivity index (χ0v) is 12.1. The third-order valence-corrected chi connectivity index (χ3v) is 4.89. The van der Waals surface area contributed by atoms with Crippen LogP contribution < -0.4 is 5.73 Å². The van der Waals surface area contributed by atoms with Gasteiger partial charge in [0.05, 0.1) is 11.5 Å². The molecule has 0 atom stereocenters. The van der Waals surface area contributed by atoms with Crippen LogP contribution in [0, 0.1) is 5.41 Å². The van der Waals surface area contributed by atoms with Crippen molar-refractivity contribution in [2.24, 2.45) is 11.1 Å². The fraction of sp³-hybridized carbons (Fsp3) is 0.846. The van der Waals surface area contributed by atoms with Crippen molar-refractivity contribution >= 4 is 23.1 Å². The van der Waals surface area contributed by atoms with E-state index >= 15 is 0 Å². The van der Waals surface area contributed by atoms with Crippen molar-refractivity contribution in [3.05, 3.63) is 0 Å². The van der Waals surface area contributed by atoms with E-state index in [-0.39, 0.29) is 11.3 Å². The first-order valence-corrected chi connectivity index (χ1v) is 7.11. The minimum atomic E-state index is -0.0166. The average Bonchev–Trinajstić information content (AvgIpc) is 3.15. The summed E-state index contributed by atoms with van der Waals surface area (Å²) in [5.41, 5.74) is 5.77. The molecular formula is C13H23N3OS. The second kappa shape index (κ2) is 5.13. The van der Waals surface area contributed by atoms with Crippen LogP contribution in [0.25, 0.3) is 0 Å². The van der Waals surface area contributed by atoms with Crippen LogP contribution in [-0.2, 0) is 4.79 Å². The van der Waals surface area contributed by atoms with E-state index in [2.05, 4.69) is 11.8 Å². The van der Waals surface area contributed by atoms with Crippen LogP contribution in [0.15, 0.2) is 0 Å². The van der Waals surface area contributed by atoms with Gasteiger partial charge >= 0.3 is 0 Å². The van der Waals surface area contributed by atoms with Gasteiger partial charge in [-0.05, 0) is 38.8 Å². The maximum Gasteiger partial charge on any atom is 0.236 e. The van der Waals surface area contributed by atoms with Crippen LogP contribution >= 0.6 is 12.2 Å². The van der Waals surface area contributed by atoms with Crippen molar-refractivity contribution in [3.63, 3.8) is 0 Å². The van der Waals surface area contributed by atoms with Crippen molar-refractivity contribution in [3.8, 4) is 0 Å². The van der Waals surface area contributed by atoms with Gasteiger partial charge < -0.3 is 10.6 Å². The minimum Gasteiger partial charge on any atom is -0.393 e. The van der Waals surface area contributed by atoms with E-state index < -0.39 is 0 Å². The van der Waals surface area contributed by atoms with Gasteiger partial charge in [0.2, 0.25) is 5.91 Å². The number of carbonyl (C=O) groups is 1. The molecule has 0 aromatic heterocycles. The number of thiocarbonyl (C=S) groups is 1. The Hall–Kier alpha value is -0.680. The van der Waals surface area contributed by atoms with Gasteiger partial charge in [-0.15, -0.1) is 0 Å². The first kappa shape index (κ1) is 13.7. The Morgan fingerprint density at radius 2 is 2.00 bits per heavy atom. The Morgan fingerprint density at radius 3 is 2.44 bits per heavy atom. The zero-order valence-electron chi connectivity index (χ0n) is 11.3. The first-order chi connectivity index (χ1) is 8.42. The van der Waals surface area contributed by atoms with Gasteiger partial charge in [0.15, 0.2) is 0 Å². The molecule has 2 rings (SSSR count). The van der Waals surface area contributed by atoms with E-state index in [0.717, 1.165) is 25.9 Å². The molecule has 0 aromatic rings. The molecule has 1 aliphatic carbocycles. The van der Waals surface area contributed by atoms with Crippen LogP contribution in [0.2, 0.25) is 0 Å². The summed E-state index contributed by atoms with van der Waals surface area (Å²) in [6.45, 7) is 4.50. The van der Waals surface area contributed by atoms with Crippen LogP contribution in [-0.4, -0.2) is 53.4 Å². The van der Waals surface area contributed by atoms with Gasteiger partial charge in [-0.25, -0.2) is 0 Å². The molecule has 4 nitrogen and oxygen atoms in total. The summed E-state index contributed by atoms with van der Waals surface area (Å²) in [5.74, 6) is 0.247. The highest BCUT2D eigenvalue weighted by Gasteiger charge is 2.34. The summed E-state index contributed by atoms with van der Waals surface area (Å²) >= 11 is 5.12. The monoisotopic (exact) mass is 269 g/mol. The predicted octanol–water partition coefficient (Wildman–Crippen LogP) is 0.995. The Balaban J connectivity index is 1.79. The topological polar surface area (TPSA) is 49.6 Å². The molecule has 0 unspecified atom stereocenters. The largest absolute Gasteiger partial charge is 0.393 e. The van der Waals surface area contributed by atoms with E-state index in [1.165, 1.54) is 12.8 Å². The average molecular weight is 269 g/mol. The summed E-state index contributed by atoms with van der Waals surface area (Å²) in [6, 6.07) is 0.504. The molecule has 1 heterocycles. The lowest BCUT2D eigenvalue weighted by Crippen LogP contribution is -2.48. The Kier molecular flexibility index (Phi) is 3.92. The summed E-state index contributed by atoms with van der Waals surface area (Å²) in [4.78, 5) is 16.8. The maximum atomic E-state index is 12.0. The second-order valence-electron chi connectivity index (χ2n) is 5.94. The molecule has 2 N–H and O–H groups in total. The Labute approximate surface area is 114 Å². The predicted molar refractivity (Wildman–Crippen MR) is 76.4 cm³/mol. The molecule has 102 valence electrons. The molecule has 5 heteroatoms. The molecule has 1 saturated carbocycles. The number of amides is 1. The van der Waals surface area contributed by atoms with E-state index in [9.17, 15) is 4.79 Å². The van der Waals surface area contributed by atoms with Gasteiger partial charge in [-0.1, -0.05) is 19.1 Å². The highest BCUT2D eigenvalue weighted by molar-refractivity contribution is 7.80. The van der Waals surface area contributed by atoms with Gasteiger partial charge in [0, 0.05) is 18.5 Å². The number of likely N-dealkylation sites (N-methyl/N-ethyl adjacent to an activating group) is 1. The molecule has 18 heavy (non-hydrogen) atoms. The van der Waals surface area contributed by atoms with Gasteiger partial charge in [-0.3, -0.25) is 9.69 Å². The van der Waals surface area contributed by atoms with E-state index in [0.29, 0.717) is 17.6 Å². The van der Waals surface area contributed by atoms with Crippen LogP contribution in [0.3, 0.4) is 0 Å². The number of piperidine rings is 1. The van der Waals surface area contributed by atoms with Crippen molar-refractivity contribution < 1.29 is 4.79 Å². The number of hydrogen-bond donors (Lipinski definition) is 1. The number of nitrogens with two attached hydrogens (primary N) is 1. The van der Waals surface area contributed by atoms with Gasteiger partial charge in [-0.2, -0.15) is 0 Å². The maximum absolute atomic E-state index is 12.0. The van der Waals surface area contributed by atoms with E-state index in [1.807, 2.05) is 11.9 Å². The number of likely N-dealkylation sites (tertiary alicyclic amines) is 1. The quantitative estimate of drug-likeness (QED) is 0.774. The lowest BCUT2D eigenvalue weighted by atomic mass is 9.80. The minimum absolute atomic E-state index is 0.0166. The molecule has 2 fully saturated rings. The molecule has 1 amide bonds. The van der Waals surface area contributed by atoms with E-state index in [4.69, 9.17) is 18.0 Å². The molecule has 0 bridgehead atoms. The lowest BCUT2D eigenvalue weighted by molar-refractivity contribution is -0.132. The molecule has 0 aromatic carbocycles. The smallest absolute Gasteiger partial charge is 0.236 e. The SMILES string of the molecule is CN(C(=O)CN1CCC(C)(C(N)=S)CC1)C1CC1.